The van der Waals surface area contributed by atoms with Crippen LogP contribution in [0.4, 0.5) is 0 Å². The van der Waals surface area contributed by atoms with Crippen molar-refractivity contribution in [3.63, 3.8) is 0 Å². The first-order chi connectivity index (χ1) is 17.1. The Morgan fingerprint density at radius 3 is 2.57 bits per heavy atom. The van der Waals surface area contributed by atoms with Gasteiger partial charge in [0.25, 0.3) is 5.91 Å². The largest absolute Gasteiger partial charge is 0.493 e. The minimum atomic E-state index is -0.173. The molecule has 7 heteroatoms. The van der Waals surface area contributed by atoms with Crippen molar-refractivity contribution in [3.05, 3.63) is 88.3 Å². The lowest BCUT2D eigenvalue weighted by Crippen LogP contribution is -2.38. The van der Waals surface area contributed by atoms with Crippen LogP contribution >= 0.6 is 0 Å². The number of carbonyl (C=O) groups excluding carboxylic acids is 1. The fraction of sp³-hybridized carbons (Fsp3) is 0.214. The molecule has 1 aromatic heterocycles. The summed E-state index contributed by atoms with van der Waals surface area (Å²) in [5, 5.41) is 0.420. The standard InChI is InChI=1S/C28H25NO6/c1-32-24-10-7-19(13-26(24)33-2)23-16-35-25-14-21(8-9-22(25)28(23)31)34-17-27(30)29-12-11-18-5-3-4-6-20(18)15-29/h3-10,13-14,16H,11-12,15,17H2,1-2H3. The van der Waals surface area contributed by atoms with Gasteiger partial charge >= 0.3 is 0 Å². The molecule has 0 saturated carbocycles. The zero-order valence-electron chi connectivity index (χ0n) is 19.6. The van der Waals surface area contributed by atoms with Crippen molar-refractivity contribution in [3.8, 4) is 28.4 Å². The number of nitrogens with zero attached hydrogens (tertiary/aromatic N) is 1. The SMILES string of the molecule is COc1ccc(-c2coc3cc(OCC(=O)N4CCc5ccccc5C4)ccc3c2=O)cc1OC. The maximum Gasteiger partial charge on any atom is 0.260 e. The zero-order valence-corrected chi connectivity index (χ0v) is 19.6. The van der Waals surface area contributed by atoms with Crippen molar-refractivity contribution in [2.45, 2.75) is 13.0 Å². The molecule has 5 rings (SSSR count). The Morgan fingerprint density at radius 2 is 1.77 bits per heavy atom. The number of amides is 1. The van der Waals surface area contributed by atoms with Crippen LogP contribution in [0.25, 0.3) is 22.1 Å². The minimum Gasteiger partial charge on any atom is -0.493 e. The molecule has 0 bridgehead atoms. The molecule has 7 nitrogen and oxygen atoms in total. The van der Waals surface area contributed by atoms with Crippen LogP contribution in [-0.4, -0.2) is 38.2 Å². The number of rotatable bonds is 6. The highest BCUT2D eigenvalue weighted by Gasteiger charge is 2.21. The molecule has 3 aromatic carbocycles. The molecule has 2 heterocycles. The third-order valence-electron chi connectivity index (χ3n) is 6.29. The van der Waals surface area contributed by atoms with Gasteiger partial charge in [0.1, 0.15) is 17.6 Å². The van der Waals surface area contributed by atoms with Crippen molar-refractivity contribution < 1.29 is 23.4 Å². The monoisotopic (exact) mass is 471 g/mol. The molecule has 0 N–H and O–H groups in total. The molecule has 0 saturated heterocycles. The van der Waals surface area contributed by atoms with Gasteiger partial charge in [-0.2, -0.15) is 0 Å². The molecule has 0 radical (unpaired) electrons. The third-order valence-corrected chi connectivity index (χ3v) is 6.29. The Morgan fingerprint density at radius 1 is 0.971 bits per heavy atom. The topological polar surface area (TPSA) is 78.2 Å². The average Bonchev–Trinajstić information content (AvgIpc) is 2.91. The van der Waals surface area contributed by atoms with Crippen LogP contribution in [-0.2, 0) is 17.8 Å². The highest BCUT2D eigenvalue weighted by molar-refractivity contribution is 5.83. The van der Waals surface area contributed by atoms with Gasteiger partial charge in [-0.1, -0.05) is 30.3 Å². The van der Waals surface area contributed by atoms with Gasteiger partial charge < -0.3 is 23.5 Å². The van der Waals surface area contributed by atoms with E-state index in [4.69, 9.17) is 18.6 Å². The predicted octanol–water partition coefficient (Wildman–Crippen LogP) is 4.44. The van der Waals surface area contributed by atoms with Crippen LogP contribution in [0.5, 0.6) is 17.2 Å². The summed E-state index contributed by atoms with van der Waals surface area (Å²) in [7, 11) is 3.10. The second-order valence-corrected chi connectivity index (χ2v) is 8.33. The predicted molar refractivity (Wildman–Crippen MR) is 132 cm³/mol. The molecule has 1 aliphatic rings. The fourth-order valence-electron chi connectivity index (χ4n) is 4.35. The smallest absolute Gasteiger partial charge is 0.260 e. The molecule has 0 spiro atoms. The van der Waals surface area contributed by atoms with Crippen molar-refractivity contribution >= 4 is 16.9 Å². The number of hydrogen-bond donors (Lipinski definition) is 0. The van der Waals surface area contributed by atoms with Gasteiger partial charge in [-0.3, -0.25) is 9.59 Å². The molecule has 0 atom stereocenters. The van der Waals surface area contributed by atoms with E-state index in [-0.39, 0.29) is 17.9 Å². The zero-order chi connectivity index (χ0) is 24.4. The van der Waals surface area contributed by atoms with Crippen LogP contribution in [0, 0.1) is 0 Å². The van der Waals surface area contributed by atoms with Crippen molar-refractivity contribution in [2.75, 3.05) is 27.4 Å². The summed E-state index contributed by atoms with van der Waals surface area (Å²) < 4.78 is 22.1. The first-order valence-corrected chi connectivity index (χ1v) is 11.3. The van der Waals surface area contributed by atoms with Crippen molar-refractivity contribution in [1.82, 2.24) is 4.90 Å². The van der Waals surface area contributed by atoms with E-state index in [0.29, 0.717) is 52.4 Å². The lowest BCUT2D eigenvalue weighted by molar-refractivity contribution is -0.134. The summed E-state index contributed by atoms with van der Waals surface area (Å²) in [5.41, 5.74) is 3.74. The van der Waals surface area contributed by atoms with Crippen molar-refractivity contribution in [1.29, 1.82) is 0 Å². The van der Waals surface area contributed by atoms with Crippen LogP contribution in [0.2, 0.25) is 0 Å². The molecule has 1 aliphatic heterocycles. The van der Waals surface area contributed by atoms with Crippen LogP contribution in [0.3, 0.4) is 0 Å². The van der Waals surface area contributed by atoms with E-state index in [1.807, 2.05) is 12.1 Å². The summed E-state index contributed by atoms with van der Waals surface area (Å²) in [6.45, 7) is 1.18. The maximum atomic E-state index is 13.1. The molecule has 35 heavy (non-hydrogen) atoms. The summed E-state index contributed by atoms with van der Waals surface area (Å²) in [5.74, 6) is 1.48. The van der Waals surface area contributed by atoms with Gasteiger partial charge in [0.15, 0.2) is 23.5 Å². The van der Waals surface area contributed by atoms with E-state index in [2.05, 4.69) is 12.1 Å². The Bertz CT molecular complexity index is 1460. The number of fused-ring (bicyclic) bond motifs is 2. The van der Waals surface area contributed by atoms with Gasteiger partial charge in [0.05, 0.1) is 25.2 Å². The Hall–Kier alpha value is -4.26. The second-order valence-electron chi connectivity index (χ2n) is 8.33. The number of hydrogen-bond acceptors (Lipinski definition) is 6. The summed E-state index contributed by atoms with van der Waals surface area (Å²) in [4.78, 5) is 27.6. The number of benzene rings is 3. The van der Waals surface area contributed by atoms with E-state index in [9.17, 15) is 9.59 Å². The molecule has 0 unspecified atom stereocenters. The van der Waals surface area contributed by atoms with Crippen molar-refractivity contribution in [2.24, 2.45) is 0 Å². The first-order valence-electron chi connectivity index (χ1n) is 11.3. The number of carbonyl (C=O) groups is 1. The minimum absolute atomic E-state index is 0.0788. The highest BCUT2D eigenvalue weighted by atomic mass is 16.5. The second kappa shape index (κ2) is 9.54. The van der Waals surface area contributed by atoms with Gasteiger partial charge in [0, 0.05) is 19.2 Å². The summed E-state index contributed by atoms with van der Waals surface area (Å²) >= 11 is 0. The van der Waals surface area contributed by atoms with E-state index >= 15 is 0 Å². The molecular formula is C28H25NO6. The normalized spacial score (nSPS) is 12.8. The van der Waals surface area contributed by atoms with Crippen LogP contribution in [0.1, 0.15) is 11.1 Å². The Labute approximate surface area is 202 Å². The van der Waals surface area contributed by atoms with E-state index in [1.54, 1.807) is 55.5 Å². The number of ether oxygens (including phenoxy) is 3. The quantitative estimate of drug-likeness (QED) is 0.414. The van der Waals surface area contributed by atoms with Crippen LogP contribution < -0.4 is 19.6 Å². The average molecular weight is 472 g/mol. The molecular weight excluding hydrogens is 446 g/mol. The Balaban J connectivity index is 1.32. The number of methoxy groups -OCH3 is 2. The maximum absolute atomic E-state index is 13.1. The van der Waals surface area contributed by atoms with Gasteiger partial charge in [-0.05, 0) is 47.4 Å². The summed E-state index contributed by atoms with van der Waals surface area (Å²) in [6.07, 6.45) is 2.26. The van der Waals surface area contributed by atoms with Gasteiger partial charge in [-0.25, -0.2) is 0 Å². The van der Waals surface area contributed by atoms with Crippen LogP contribution in [0.15, 0.2) is 76.1 Å². The molecule has 178 valence electrons. The van der Waals surface area contributed by atoms with Gasteiger partial charge in [-0.15, -0.1) is 0 Å². The Kier molecular flexibility index (Phi) is 6.14. The third kappa shape index (κ3) is 4.45. The van der Waals surface area contributed by atoms with E-state index in [1.165, 1.54) is 17.4 Å². The molecule has 0 fully saturated rings. The highest BCUT2D eigenvalue weighted by Crippen LogP contribution is 2.32. The fourth-order valence-corrected chi connectivity index (χ4v) is 4.35. The lowest BCUT2D eigenvalue weighted by atomic mass is 10.00. The lowest BCUT2D eigenvalue weighted by Gasteiger charge is -2.28. The molecule has 0 aliphatic carbocycles. The molecule has 4 aromatic rings. The van der Waals surface area contributed by atoms with Gasteiger partial charge in [0.2, 0.25) is 0 Å². The molecule has 1 amide bonds. The first kappa shape index (κ1) is 22.5. The van der Waals surface area contributed by atoms with E-state index in [0.717, 1.165) is 6.42 Å². The van der Waals surface area contributed by atoms with E-state index < -0.39 is 0 Å². The summed E-state index contributed by atoms with van der Waals surface area (Å²) in [6, 6.07) is 18.4.